The summed E-state index contributed by atoms with van der Waals surface area (Å²) in [5.74, 6) is 2.14. The normalized spacial score (nSPS) is 29.6. The highest BCUT2D eigenvalue weighted by molar-refractivity contribution is 5.78. The van der Waals surface area contributed by atoms with Crippen LogP contribution in [0.2, 0.25) is 0 Å². The van der Waals surface area contributed by atoms with Crippen LogP contribution in [-0.2, 0) is 4.79 Å². The van der Waals surface area contributed by atoms with Gasteiger partial charge in [-0.15, -0.1) is 0 Å². The molecular formula is C24H37N3O2. The molecule has 5 nitrogen and oxygen atoms in total. The average molecular weight is 400 g/mol. The average Bonchev–Trinajstić information content (AvgIpc) is 2.71. The zero-order valence-electron chi connectivity index (χ0n) is 18.6. The fourth-order valence-corrected chi connectivity index (χ4v) is 5.78. The Hall–Kier alpha value is -1.59. The van der Waals surface area contributed by atoms with Crippen molar-refractivity contribution in [3.63, 3.8) is 0 Å². The number of ether oxygens (including phenoxy) is 1. The highest BCUT2D eigenvalue weighted by Crippen LogP contribution is 2.41. The van der Waals surface area contributed by atoms with Crippen LogP contribution < -0.4 is 4.74 Å². The van der Waals surface area contributed by atoms with Gasteiger partial charge in [0.2, 0.25) is 0 Å². The Morgan fingerprint density at radius 1 is 1.14 bits per heavy atom. The van der Waals surface area contributed by atoms with Gasteiger partial charge < -0.3 is 14.5 Å². The standard InChI is InChI=1S/C24H37N3O2/c1-17-8-9-21(11-18(17)2)29-16-24(28)26-13-19-12-20(14-26)23(15-25(3)4)27-10-6-5-7-22(19)27/h8-9,11,19-20,22-23H,5-7,10,12-16H2,1-4H3/t19-,20+,22+,23+/m1/s1. The van der Waals surface area contributed by atoms with E-state index in [0.29, 0.717) is 23.9 Å². The maximum atomic E-state index is 13.0. The third kappa shape index (κ3) is 4.46. The molecule has 0 N–H and O–H groups in total. The van der Waals surface area contributed by atoms with Gasteiger partial charge in [0.05, 0.1) is 0 Å². The molecule has 1 amide bonds. The summed E-state index contributed by atoms with van der Waals surface area (Å²) in [5, 5.41) is 0. The van der Waals surface area contributed by atoms with Crippen LogP contribution >= 0.6 is 0 Å². The Bertz CT molecular complexity index is 735. The smallest absolute Gasteiger partial charge is 0.260 e. The topological polar surface area (TPSA) is 36.0 Å². The van der Waals surface area contributed by atoms with Crippen LogP contribution in [0.4, 0.5) is 0 Å². The molecule has 29 heavy (non-hydrogen) atoms. The van der Waals surface area contributed by atoms with E-state index < -0.39 is 0 Å². The minimum Gasteiger partial charge on any atom is -0.484 e. The van der Waals surface area contributed by atoms with Gasteiger partial charge >= 0.3 is 0 Å². The van der Waals surface area contributed by atoms with Crippen molar-refractivity contribution in [1.29, 1.82) is 0 Å². The number of fused-ring (bicyclic) bond motifs is 4. The summed E-state index contributed by atoms with van der Waals surface area (Å²) in [6.45, 7) is 8.44. The van der Waals surface area contributed by atoms with Crippen LogP contribution in [-0.4, -0.2) is 79.6 Å². The van der Waals surface area contributed by atoms with Crippen LogP contribution in [0.15, 0.2) is 18.2 Å². The largest absolute Gasteiger partial charge is 0.484 e. The molecule has 4 atom stereocenters. The first-order valence-electron chi connectivity index (χ1n) is 11.3. The molecule has 0 unspecified atom stereocenters. The highest BCUT2D eigenvalue weighted by atomic mass is 16.5. The van der Waals surface area contributed by atoms with Crippen molar-refractivity contribution in [2.24, 2.45) is 11.8 Å². The van der Waals surface area contributed by atoms with Gasteiger partial charge in [0.25, 0.3) is 5.91 Å². The molecule has 5 heteroatoms. The Morgan fingerprint density at radius 3 is 2.69 bits per heavy atom. The van der Waals surface area contributed by atoms with E-state index >= 15 is 0 Å². The van der Waals surface area contributed by atoms with Crippen LogP contribution in [0, 0.1) is 25.7 Å². The number of benzene rings is 1. The number of hydrogen-bond donors (Lipinski definition) is 0. The Kier molecular flexibility index (Phi) is 6.16. The van der Waals surface area contributed by atoms with Crippen molar-refractivity contribution in [2.75, 3.05) is 46.9 Å². The van der Waals surface area contributed by atoms with Crippen LogP contribution in [0.1, 0.15) is 36.8 Å². The van der Waals surface area contributed by atoms with Gasteiger partial charge in [0.15, 0.2) is 6.61 Å². The summed E-state index contributed by atoms with van der Waals surface area (Å²) in [6.07, 6.45) is 5.23. The first-order valence-corrected chi connectivity index (χ1v) is 11.3. The molecule has 3 aliphatic rings. The van der Waals surface area contributed by atoms with Crippen molar-refractivity contribution in [2.45, 2.75) is 51.6 Å². The molecule has 1 aromatic rings. The van der Waals surface area contributed by atoms with E-state index in [1.165, 1.54) is 43.4 Å². The molecule has 3 saturated heterocycles. The molecule has 0 spiro atoms. The number of hydrogen-bond acceptors (Lipinski definition) is 4. The number of likely N-dealkylation sites (N-methyl/N-ethyl adjacent to an activating group) is 1. The number of likely N-dealkylation sites (tertiary alicyclic amines) is 1. The fraction of sp³-hybridized carbons (Fsp3) is 0.708. The SMILES string of the molecule is Cc1ccc(OCC(=O)N2C[C@H]3C[C@@H](C2)[C@H](CN(C)C)N2CCCC[C@@H]32)cc1C. The predicted octanol–water partition coefficient (Wildman–Crippen LogP) is 2.95. The van der Waals surface area contributed by atoms with E-state index in [-0.39, 0.29) is 12.5 Å². The molecule has 3 aliphatic heterocycles. The number of aryl methyl sites for hydroxylation is 2. The van der Waals surface area contributed by atoms with E-state index in [4.69, 9.17) is 4.74 Å². The lowest BCUT2D eigenvalue weighted by molar-refractivity contribution is -0.143. The van der Waals surface area contributed by atoms with Gasteiger partial charge in [-0.05, 0) is 88.8 Å². The van der Waals surface area contributed by atoms with Crippen molar-refractivity contribution in [1.82, 2.24) is 14.7 Å². The quantitative estimate of drug-likeness (QED) is 0.763. The third-order valence-electron chi connectivity index (χ3n) is 7.37. The van der Waals surface area contributed by atoms with Crippen molar-refractivity contribution >= 4 is 5.91 Å². The number of piperidine rings is 3. The maximum Gasteiger partial charge on any atom is 0.260 e. The van der Waals surface area contributed by atoms with E-state index in [0.717, 1.165) is 25.4 Å². The summed E-state index contributed by atoms with van der Waals surface area (Å²) in [7, 11) is 4.35. The van der Waals surface area contributed by atoms with E-state index in [9.17, 15) is 4.79 Å². The van der Waals surface area contributed by atoms with Crippen LogP contribution in [0.3, 0.4) is 0 Å². The zero-order valence-corrected chi connectivity index (χ0v) is 18.6. The molecular weight excluding hydrogens is 362 g/mol. The molecule has 0 saturated carbocycles. The van der Waals surface area contributed by atoms with E-state index in [2.05, 4.69) is 48.7 Å². The zero-order chi connectivity index (χ0) is 20.5. The molecule has 0 radical (unpaired) electrons. The van der Waals surface area contributed by atoms with Crippen molar-refractivity contribution < 1.29 is 9.53 Å². The van der Waals surface area contributed by atoms with Crippen molar-refractivity contribution in [3.8, 4) is 5.75 Å². The number of nitrogens with zero attached hydrogens (tertiary/aromatic N) is 3. The van der Waals surface area contributed by atoms with Gasteiger partial charge in [-0.1, -0.05) is 12.5 Å². The maximum absolute atomic E-state index is 13.0. The highest BCUT2D eigenvalue weighted by Gasteiger charge is 2.47. The lowest BCUT2D eigenvalue weighted by Gasteiger charge is -2.57. The van der Waals surface area contributed by atoms with Gasteiger partial charge in [-0.25, -0.2) is 0 Å². The number of rotatable bonds is 5. The molecule has 0 aromatic heterocycles. The van der Waals surface area contributed by atoms with Gasteiger partial charge in [-0.2, -0.15) is 0 Å². The summed E-state index contributed by atoms with van der Waals surface area (Å²) in [4.78, 5) is 20.2. The van der Waals surface area contributed by atoms with Gasteiger partial charge in [0.1, 0.15) is 5.75 Å². The van der Waals surface area contributed by atoms with E-state index in [1.54, 1.807) is 0 Å². The first kappa shape index (κ1) is 20.7. The van der Waals surface area contributed by atoms with Crippen molar-refractivity contribution in [3.05, 3.63) is 29.3 Å². The summed E-state index contributed by atoms with van der Waals surface area (Å²) < 4.78 is 5.87. The predicted molar refractivity (Wildman–Crippen MR) is 116 cm³/mol. The van der Waals surface area contributed by atoms with Crippen LogP contribution in [0.5, 0.6) is 5.75 Å². The molecule has 3 fully saturated rings. The number of carbonyl (C=O) groups is 1. The van der Waals surface area contributed by atoms with Gasteiger partial charge in [-0.3, -0.25) is 9.69 Å². The minimum atomic E-state index is 0.144. The lowest BCUT2D eigenvalue weighted by atomic mass is 9.72. The Labute approximate surface area is 176 Å². The minimum absolute atomic E-state index is 0.144. The summed E-state index contributed by atoms with van der Waals surface area (Å²) in [5.41, 5.74) is 2.45. The van der Waals surface area contributed by atoms with Crippen LogP contribution in [0.25, 0.3) is 0 Å². The molecule has 160 valence electrons. The second-order valence-corrected chi connectivity index (χ2v) is 9.72. The Balaban J connectivity index is 1.42. The third-order valence-corrected chi connectivity index (χ3v) is 7.37. The van der Waals surface area contributed by atoms with E-state index in [1.807, 2.05) is 12.1 Å². The summed E-state index contributed by atoms with van der Waals surface area (Å²) in [6, 6.07) is 7.28. The molecule has 3 heterocycles. The molecule has 4 rings (SSSR count). The van der Waals surface area contributed by atoms with Gasteiger partial charge in [0, 0.05) is 31.7 Å². The summed E-state index contributed by atoms with van der Waals surface area (Å²) >= 11 is 0. The number of amides is 1. The molecule has 1 aromatic carbocycles. The Morgan fingerprint density at radius 2 is 1.93 bits per heavy atom. The lowest BCUT2D eigenvalue weighted by Crippen LogP contribution is -2.66. The molecule has 0 aliphatic carbocycles. The second kappa shape index (κ2) is 8.65. The molecule has 2 bridgehead atoms. The monoisotopic (exact) mass is 399 g/mol. The second-order valence-electron chi connectivity index (χ2n) is 9.72. The first-order chi connectivity index (χ1) is 13.9. The number of carbonyl (C=O) groups excluding carboxylic acids is 1. The fourth-order valence-electron chi connectivity index (χ4n) is 5.78.